The van der Waals surface area contributed by atoms with E-state index in [2.05, 4.69) is 12.2 Å². The van der Waals surface area contributed by atoms with Gasteiger partial charge in [0.25, 0.3) is 11.6 Å². The number of benzene rings is 1. The predicted octanol–water partition coefficient (Wildman–Crippen LogP) is 5.08. The van der Waals surface area contributed by atoms with Gasteiger partial charge in [0.2, 0.25) is 0 Å². The molecule has 0 saturated heterocycles. The summed E-state index contributed by atoms with van der Waals surface area (Å²) in [6, 6.07) is 2.38. The normalized spacial score (nSPS) is 12.1. The second-order valence-corrected chi connectivity index (χ2v) is 5.32. The van der Waals surface area contributed by atoms with Gasteiger partial charge in [-0.2, -0.15) is 13.2 Å². The first kappa shape index (κ1) is 19.7. The minimum absolute atomic E-state index is 0.140. The zero-order valence-corrected chi connectivity index (χ0v) is 13.4. The van der Waals surface area contributed by atoms with Crippen LogP contribution in [-0.4, -0.2) is 10.8 Å². The van der Waals surface area contributed by atoms with Crippen LogP contribution in [0.15, 0.2) is 29.8 Å². The van der Waals surface area contributed by atoms with Crippen LogP contribution in [0.1, 0.15) is 45.1 Å². The maximum atomic E-state index is 12.9. The Labute approximate surface area is 137 Å². The Bertz CT molecular complexity index is 640. The Kier molecular flexibility index (Phi) is 6.94. The van der Waals surface area contributed by atoms with Crippen molar-refractivity contribution < 1.29 is 22.9 Å². The molecule has 1 rings (SSSR count). The highest BCUT2D eigenvalue weighted by atomic mass is 19.4. The van der Waals surface area contributed by atoms with Gasteiger partial charge in [-0.3, -0.25) is 14.9 Å². The van der Waals surface area contributed by atoms with Gasteiger partial charge < -0.3 is 5.32 Å². The van der Waals surface area contributed by atoms with Crippen molar-refractivity contribution in [3.05, 3.63) is 45.5 Å². The van der Waals surface area contributed by atoms with Crippen molar-refractivity contribution in [3.63, 3.8) is 0 Å². The van der Waals surface area contributed by atoms with Crippen LogP contribution in [0.5, 0.6) is 0 Å². The fraction of sp³-hybridized carbons (Fsp3) is 0.438. The molecule has 0 radical (unpaired) electrons. The summed E-state index contributed by atoms with van der Waals surface area (Å²) in [4.78, 5) is 21.5. The first-order chi connectivity index (χ1) is 11.2. The summed E-state index contributed by atoms with van der Waals surface area (Å²) in [5.74, 6) is -0.534. The lowest BCUT2D eigenvalue weighted by molar-refractivity contribution is -0.388. The molecule has 1 N–H and O–H groups in total. The number of carbonyl (C=O) groups is 1. The maximum Gasteiger partial charge on any atom is 0.423 e. The number of unbranched alkanes of at least 4 members (excludes halogenated alkanes) is 3. The number of anilines is 1. The number of halogens is 3. The highest BCUT2D eigenvalue weighted by Crippen LogP contribution is 2.37. The first-order valence-corrected chi connectivity index (χ1v) is 7.50. The van der Waals surface area contributed by atoms with Gasteiger partial charge >= 0.3 is 6.18 Å². The highest BCUT2D eigenvalue weighted by Gasteiger charge is 2.38. The summed E-state index contributed by atoms with van der Waals surface area (Å²) >= 11 is 0. The number of carbonyl (C=O) groups excluding carboxylic acids is 1. The number of allylic oxidation sites excluding steroid dienone is 1. The third kappa shape index (κ3) is 5.68. The summed E-state index contributed by atoms with van der Waals surface area (Å²) in [6.45, 7) is 3.62. The van der Waals surface area contributed by atoms with Crippen molar-refractivity contribution in [2.45, 2.75) is 45.7 Å². The third-order valence-electron chi connectivity index (χ3n) is 3.37. The van der Waals surface area contributed by atoms with E-state index in [4.69, 9.17) is 0 Å². The first-order valence-electron chi connectivity index (χ1n) is 7.50. The smallest absolute Gasteiger partial charge is 0.322 e. The van der Waals surface area contributed by atoms with Crippen molar-refractivity contribution in [2.24, 2.45) is 0 Å². The Morgan fingerprint density at radius 3 is 2.54 bits per heavy atom. The fourth-order valence-electron chi connectivity index (χ4n) is 2.04. The lowest BCUT2D eigenvalue weighted by atomic mass is 10.1. The molecule has 0 aliphatic rings. The standard InChI is InChI=1S/C16H19F3N2O3/c1-3-4-5-6-7-11(2)15(22)20-12-8-9-14(21(23)24)13(10-12)16(17,18)19/h7-10H,3-6H2,1-2H3,(H,20,22). The summed E-state index contributed by atoms with van der Waals surface area (Å²) in [5, 5.41) is 13.0. The van der Waals surface area contributed by atoms with E-state index in [1.807, 2.05) is 0 Å². The van der Waals surface area contributed by atoms with E-state index < -0.39 is 28.3 Å². The molecule has 0 unspecified atom stereocenters. The summed E-state index contributed by atoms with van der Waals surface area (Å²) in [7, 11) is 0. The monoisotopic (exact) mass is 344 g/mol. The Hall–Kier alpha value is -2.38. The zero-order chi connectivity index (χ0) is 18.3. The molecule has 0 aromatic heterocycles. The van der Waals surface area contributed by atoms with Crippen LogP contribution in [0.25, 0.3) is 0 Å². The molecule has 0 spiro atoms. The lowest BCUT2D eigenvalue weighted by Gasteiger charge is -2.11. The SMILES string of the molecule is CCCCCC=C(C)C(=O)Nc1ccc([N+](=O)[O-])c(C(F)(F)F)c1. The summed E-state index contributed by atoms with van der Waals surface area (Å²) in [6.07, 6.45) is 0.554. The van der Waals surface area contributed by atoms with Gasteiger partial charge in [0.05, 0.1) is 4.92 Å². The molecular formula is C16H19F3N2O3. The van der Waals surface area contributed by atoms with Gasteiger partial charge in [0.1, 0.15) is 5.56 Å². The van der Waals surface area contributed by atoms with Crippen LogP contribution >= 0.6 is 0 Å². The number of nitrogens with one attached hydrogen (secondary N) is 1. The molecule has 1 amide bonds. The van der Waals surface area contributed by atoms with Crippen LogP contribution in [0, 0.1) is 10.1 Å². The number of nitrogens with zero attached hydrogens (tertiary/aromatic N) is 1. The van der Waals surface area contributed by atoms with E-state index in [1.165, 1.54) is 0 Å². The van der Waals surface area contributed by atoms with Gasteiger partial charge in [-0.05, 0) is 31.9 Å². The van der Waals surface area contributed by atoms with E-state index in [9.17, 15) is 28.1 Å². The van der Waals surface area contributed by atoms with E-state index in [1.54, 1.807) is 13.0 Å². The number of nitro groups is 1. The van der Waals surface area contributed by atoms with E-state index >= 15 is 0 Å². The third-order valence-corrected chi connectivity index (χ3v) is 3.37. The molecular weight excluding hydrogens is 325 g/mol. The quantitative estimate of drug-likeness (QED) is 0.324. The summed E-state index contributed by atoms with van der Waals surface area (Å²) in [5.41, 5.74) is -2.19. The largest absolute Gasteiger partial charge is 0.423 e. The second kappa shape index (κ2) is 8.47. The van der Waals surface area contributed by atoms with Crippen LogP contribution in [0.4, 0.5) is 24.5 Å². The van der Waals surface area contributed by atoms with Crippen molar-refractivity contribution in [2.75, 3.05) is 5.32 Å². The van der Waals surface area contributed by atoms with Gasteiger partial charge in [-0.1, -0.05) is 25.8 Å². The zero-order valence-electron chi connectivity index (χ0n) is 13.4. The fourth-order valence-corrected chi connectivity index (χ4v) is 2.04. The molecule has 8 heteroatoms. The van der Waals surface area contributed by atoms with E-state index in [-0.39, 0.29) is 5.69 Å². The molecule has 1 aromatic rings. The Balaban J connectivity index is 2.92. The van der Waals surface area contributed by atoms with Gasteiger partial charge in [-0.25, -0.2) is 0 Å². The average Bonchev–Trinajstić information content (AvgIpc) is 2.50. The molecule has 0 aliphatic carbocycles. The topological polar surface area (TPSA) is 72.2 Å². The van der Waals surface area contributed by atoms with Gasteiger partial charge in [0, 0.05) is 17.3 Å². The van der Waals surface area contributed by atoms with Crippen molar-refractivity contribution in [3.8, 4) is 0 Å². The molecule has 0 aliphatic heterocycles. The number of rotatable bonds is 7. The minimum atomic E-state index is -4.88. The number of alkyl halides is 3. The van der Waals surface area contributed by atoms with Crippen LogP contribution in [0.2, 0.25) is 0 Å². The lowest BCUT2D eigenvalue weighted by Crippen LogP contribution is -2.15. The molecule has 0 fully saturated rings. The summed E-state index contributed by atoms with van der Waals surface area (Å²) < 4.78 is 38.7. The van der Waals surface area contributed by atoms with Gasteiger partial charge in [0.15, 0.2) is 0 Å². The molecule has 132 valence electrons. The average molecular weight is 344 g/mol. The van der Waals surface area contributed by atoms with Crippen molar-refractivity contribution in [1.82, 2.24) is 0 Å². The second-order valence-electron chi connectivity index (χ2n) is 5.32. The molecule has 0 saturated carbocycles. The number of amides is 1. The predicted molar refractivity (Wildman–Crippen MR) is 84.6 cm³/mol. The molecule has 0 atom stereocenters. The molecule has 5 nitrogen and oxygen atoms in total. The number of nitro benzene ring substituents is 1. The molecule has 24 heavy (non-hydrogen) atoms. The van der Waals surface area contributed by atoms with Crippen molar-refractivity contribution >= 4 is 17.3 Å². The maximum absolute atomic E-state index is 12.9. The minimum Gasteiger partial charge on any atom is -0.322 e. The van der Waals surface area contributed by atoms with Crippen LogP contribution in [0.3, 0.4) is 0 Å². The highest BCUT2D eigenvalue weighted by molar-refractivity contribution is 6.03. The van der Waals surface area contributed by atoms with Gasteiger partial charge in [-0.15, -0.1) is 0 Å². The van der Waals surface area contributed by atoms with Crippen LogP contribution in [-0.2, 0) is 11.0 Å². The van der Waals surface area contributed by atoms with Crippen LogP contribution < -0.4 is 5.32 Å². The Morgan fingerprint density at radius 1 is 1.33 bits per heavy atom. The molecule has 0 bridgehead atoms. The molecule has 0 heterocycles. The van der Waals surface area contributed by atoms with E-state index in [0.29, 0.717) is 18.1 Å². The number of hydrogen-bond acceptors (Lipinski definition) is 3. The van der Waals surface area contributed by atoms with Crippen molar-refractivity contribution in [1.29, 1.82) is 0 Å². The Morgan fingerprint density at radius 2 is 2.00 bits per heavy atom. The number of hydrogen-bond donors (Lipinski definition) is 1. The molecule has 1 aromatic carbocycles. The van der Waals surface area contributed by atoms with E-state index in [0.717, 1.165) is 31.4 Å².